The van der Waals surface area contributed by atoms with Crippen LogP contribution in [0.5, 0.6) is 0 Å². The molecule has 1 heterocycles. The monoisotopic (exact) mass is 456 g/mol. The fourth-order valence-corrected chi connectivity index (χ4v) is 3.96. The second kappa shape index (κ2) is 9.20. The maximum atomic E-state index is 11.3. The fraction of sp³-hybridized carbons (Fsp3) is 0.304. The molecule has 1 fully saturated rings. The predicted molar refractivity (Wildman–Crippen MR) is 120 cm³/mol. The first-order valence-electron chi connectivity index (χ1n) is 10.1. The summed E-state index contributed by atoms with van der Waals surface area (Å²) in [4.78, 5) is 16.3. The molecular weight excluding hydrogens is 435 g/mol. The molecule has 3 aromatic rings. The van der Waals surface area contributed by atoms with Crippen molar-refractivity contribution in [2.45, 2.75) is 31.1 Å². The number of benzene rings is 2. The van der Waals surface area contributed by atoms with Crippen LogP contribution >= 0.6 is 23.2 Å². The normalized spacial score (nSPS) is 14.2. The minimum absolute atomic E-state index is 0.232. The quantitative estimate of drug-likeness (QED) is 0.493. The fourth-order valence-electron chi connectivity index (χ4n) is 3.61. The lowest BCUT2D eigenvalue weighted by Gasteiger charge is -2.17. The summed E-state index contributed by atoms with van der Waals surface area (Å²) < 4.78 is 5.12. The lowest BCUT2D eigenvalue weighted by atomic mass is 9.95. The van der Waals surface area contributed by atoms with Crippen LogP contribution in [0.15, 0.2) is 48.5 Å². The van der Waals surface area contributed by atoms with Crippen molar-refractivity contribution in [2.75, 3.05) is 13.7 Å². The first-order chi connectivity index (χ1) is 15.0. The summed E-state index contributed by atoms with van der Waals surface area (Å²) in [7, 11) is 1.53. The Labute approximate surface area is 191 Å². The molecule has 0 aliphatic heterocycles. The largest absolute Gasteiger partial charge is 0.450 e. The highest BCUT2D eigenvalue weighted by molar-refractivity contribution is 6.33. The number of aryl methyl sites for hydroxylation is 1. The van der Waals surface area contributed by atoms with E-state index in [1.54, 1.807) is 0 Å². The molecular formula is C23H22Cl2N4O2. The van der Waals surface area contributed by atoms with Crippen molar-refractivity contribution in [3.05, 3.63) is 75.7 Å². The summed E-state index contributed by atoms with van der Waals surface area (Å²) in [5.74, 6) is 0.702. The molecule has 0 radical (unpaired) electrons. The van der Waals surface area contributed by atoms with Crippen molar-refractivity contribution in [3.8, 4) is 11.3 Å². The highest BCUT2D eigenvalue weighted by Gasteiger charge is 2.49. The van der Waals surface area contributed by atoms with Crippen molar-refractivity contribution in [1.29, 1.82) is 0 Å². The van der Waals surface area contributed by atoms with Crippen LogP contribution in [0.2, 0.25) is 10.0 Å². The van der Waals surface area contributed by atoms with Gasteiger partial charge in [-0.25, -0.2) is 9.78 Å². The van der Waals surface area contributed by atoms with Crippen LogP contribution in [-0.4, -0.2) is 34.9 Å². The Hall–Kier alpha value is -2.70. The second-order valence-corrected chi connectivity index (χ2v) is 8.33. The number of hydrogen-bond donors (Lipinski definition) is 1. The third kappa shape index (κ3) is 4.65. The van der Waals surface area contributed by atoms with Gasteiger partial charge in [-0.1, -0.05) is 53.5 Å². The van der Waals surface area contributed by atoms with E-state index in [2.05, 4.69) is 15.5 Å². The van der Waals surface area contributed by atoms with Gasteiger partial charge >= 0.3 is 6.09 Å². The van der Waals surface area contributed by atoms with E-state index in [-0.39, 0.29) is 12.0 Å². The maximum absolute atomic E-state index is 11.3. The van der Waals surface area contributed by atoms with Gasteiger partial charge in [0.15, 0.2) is 5.82 Å². The lowest BCUT2D eigenvalue weighted by Crippen LogP contribution is -2.20. The Balaban J connectivity index is 1.66. The van der Waals surface area contributed by atoms with E-state index in [9.17, 15) is 4.79 Å². The summed E-state index contributed by atoms with van der Waals surface area (Å²) in [5.41, 5.74) is 3.14. The van der Waals surface area contributed by atoms with Crippen molar-refractivity contribution in [1.82, 2.24) is 20.5 Å². The molecule has 31 heavy (non-hydrogen) atoms. The van der Waals surface area contributed by atoms with Gasteiger partial charge in [-0.15, -0.1) is 10.2 Å². The summed E-state index contributed by atoms with van der Waals surface area (Å²) in [6, 6.07) is 15.3. The van der Waals surface area contributed by atoms with Crippen molar-refractivity contribution >= 4 is 29.3 Å². The summed E-state index contributed by atoms with van der Waals surface area (Å²) in [6.45, 7) is 0.281. The molecule has 1 aliphatic carbocycles. The minimum Gasteiger partial charge on any atom is -0.450 e. The Kier molecular flexibility index (Phi) is 6.39. The van der Waals surface area contributed by atoms with Gasteiger partial charge in [-0.2, -0.15) is 0 Å². The molecule has 0 bridgehead atoms. The van der Waals surface area contributed by atoms with Crippen LogP contribution in [0, 0.1) is 0 Å². The van der Waals surface area contributed by atoms with E-state index in [0.29, 0.717) is 34.4 Å². The third-order valence-electron chi connectivity index (χ3n) is 5.46. The van der Waals surface area contributed by atoms with Gasteiger partial charge in [0, 0.05) is 17.6 Å². The zero-order valence-electron chi connectivity index (χ0n) is 17.1. The van der Waals surface area contributed by atoms with Crippen molar-refractivity contribution < 1.29 is 9.53 Å². The smallest absolute Gasteiger partial charge is 0.406 e. The Morgan fingerprint density at radius 3 is 2.52 bits per heavy atom. The average Bonchev–Trinajstić information content (AvgIpc) is 3.59. The molecule has 0 saturated heterocycles. The van der Waals surface area contributed by atoms with Gasteiger partial charge in [0.1, 0.15) is 5.69 Å². The van der Waals surface area contributed by atoms with Gasteiger partial charge < -0.3 is 10.1 Å². The van der Waals surface area contributed by atoms with Crippen LogP contribution < -0.4 is 5.32 Å². The number of halogens is 2. The number of nitrogens with zero attached hydrogens (tertiary/aromatic N) is 3. The second-order valence-electron chi connectivity index (χ2n) is 7.49. The van der Waals surface area contributed by atoms with Crippen molar-refractivity contribution in [3.63, 3.8) is 0 Å². The molecule has 4 rings (SSSR count). The molecule has 0 spiro atoms. The molecule has 160 valence electrons. The molecule has 8 heteroatoms. The van der Waals surface area contributed by atoms with E-state index >= 15 is 0 Å². The Morgan fingerprint density at radius 1 is 1.10 bits per heavy atom. The highest BCUT2D eigenvalue weighted by Crippen LogP contribution is 2.52. The molecule has 0 unspecified atom stereocenters. The van der Waals surface area contributed by atoms with Crippen LogP contribution in [0.3, 0.4) is 0 Å². The Morgan fingerprint density at radius 2 is 1.84 bits per heavy atom. The summed E-state index contributed by atoms with van der Waals surface area (Å²) in [6.07, 6.45) is 2.66. The third-order valence-corrected chi connectivity index (χ3v) is 6.04. The predicted octanol–water partition coefficient (Wildman–Crippen LogP) is 5.21. The number of amides is 1. The van der Waals surface area contributed by atoms with Gasteiger partial charge in [0.25, 0.3) is 0 Å². The minimum atomic E-state index is -0.451. The molecule has 1 amide bonds. The number of carbonyl (C=O) groups excluding carboxylic acids is 1. The average molecular weight is 457 g/mol. The number of aromatic nitrogens is 3. The number of nitrogens with one attached hydrogen (secondary N) is 1. The van der Waals surface area contributed by atoms with E-state index in [0.717, 1.165) is 29.7 Å². The standard InChI is InChI=1S/C23H22Cl2N4O2/c1-26-22(30)31-14-4-7-19-20(17-5-2-3-6-18(17)25)28-29-21(27-19)23(12-13-23)15-8-10-16(24)11-9-15/h2-3,5-6,8-11H,4,7,12-14H2,1H3,(H,26,30). The van der Waals surface area contributed by atoms with Crippen molar-refractivity contribution in [2.24, 2.45) is 0 Å². The molecule has 6 nitrogen and oxygen atoms in total. The van der Waals surface area contributed by atoms with E-state index in [1.165, 1.54) is 7.05 Å². The van der Waals surface area contributed by atoms with Crippen LogP contribution in [0.25, 0.3) is 11.3 Å². The zero-order valence-corrected chi connectivity index (χ0v) is 18.6. The van der Waals surface area contributed by atoms with Gasteiger partial charge in [-0.05, 0) is 49.4 Å². The maximum Gasteiger partial charge on any atom is 0.406 e. The molecule has 2 aromatic carbocycles. The number of ether oxygens (including phenoxy) is 1. The molecule has 1 aromatic heterocycles. The first kappa shape index (κ1) is 21.5. The van der Waals surface area contributed by atoms with Gasteiger partial charge in [0.2, 0.25) is 0 Å². The van der Waals surface area contributed by atoms with E-state index < -0.39 is 6.09 Å². The van der Waals surface area contributed by atoms with Crippen LogP contribution in [0.1, 0.15) is 36.3 Å². The van der Waals surface area contributed by atoms with E-state index in [4.69, 9.17) is 32.9 Å². The summed E-state index contributed by atoms with van der Waals surface area (Å²) in [5, 5.41) is 12.8. The highest BCUT2D eigenvalue weighted by atomic mass is 35.5. The van der Waals surface area contributed by atoms with E-state index in [1.807, 2.05) is 48.5 Å². The van der Waals surface area contributed by atoms with Crippen LogP contribution in [-0.2, 0) is 16.6 Å². The zero-order chi connectivity index (χ0) is 21.8. The molecule has 1 saturated carbocycles. The van der Waals surface area contributed by atoms with Gasteiger partial charge in [-0.3, -0.25) is 0 Å². The lowest BCUT2D eigenvalue weighted by molar-refractivity contribution is 0.147. The number of carbonyl (C=O) groups is 1. The topological polar surface area (TPSA) is 77.0 Å². The van der Waals surface area contributed by atoms with Crippen LogP contribution in [0.4, 0.5) is 4.79 Å². The first-order valence-corrected chi connectivity index (χ1v) is 10.9. The molecule has 1 N–H and O–H groups in total. The number of hydrogen-bond acceptors (Lipinski definition) is 5. The molecule has 1 aliphatic rings. The molecule has 0 atom stereocenters. The number of alkyl carbamates (subject to hydrolysis) is 1. The Bertz CT molecular complexity index is 1090. The number of rotatable bonds is 7. The van der Waals surface area contributed by atoms with Gasteiger partial charge in [0.05, 0.1) is 22.7 Å². The SMILES string of the molecule is CNC(=O)OCCCc1nc(C2(c3ccc(Cl)cc3)CC2)nnc1-c1ccccc1Cl. The summed E-state index contributed by atoms with van der Waals surface area (Å²) >= 11 is 12.5.